The van der Waals surface area contributed by atoms with Gasteiger partial charge in [0.2, 0.25) is 0 Å². The van der Waals surface area contributed by atoms with Crippen molar-refractivity contribution in [3.8, 4) is 101 Å². The molecule has 0 aliphatic heterocycles. The largest absolute Gasteiger partial charge is 0.258 e. The summed E-state index contributed by atoms with van der Waals surface area (Å²) in [5.74, 6) is 1.36. The van der Waals surface area contributed by atoms with Gasteiger partial charge in [0.15, 0.2) is 11.6 Å². The number of aromatic nitrogens is 5. The van der Waals surface area contributed by atoms with E-state index in [4.69, 9.17) is 24.9 Å². The van der Waals surface area contributed by atoms with Crippen LogP contribution in [0, 0.1) is 13.8 Å². The monoisotopic (exact) mass is 845 g/mol. The van der Waals surface area contributed by atoms with Gasteiger partial charge in [-0.25, -0.2) is 19.9 Å². The van der Waals surface area contributed by atoms with Gasteiger partial charge in [-0.1, -0.05) is 188 Å². The van der Waals surface area contributed by atoms with Crippen LogP contribution in [0.2, 0.25) is 0 Å². The van der Waals surface area contributed by atoms with Crippen molar-refractivity contribution in [3.63, 3.8) is 0 Å². The van der Waals surface area contributed by atoms with Crippen molar-refractivity contribution in [2.75, 3.05) is 0 Å². The van der Waals surface area contributed by atoms with Crippen molar-refractivity contribution < 1.29 is 0 Å². The molecule has 0 fully saturated rings. The Hall–Kier alpha value is -8.67. The fourth-order valence-corrected chi connectivity index (χ4v) is 8.82. The molecule has 0 saturated carbocycles. The van der Waals surface area contributed by atoms with Gasteiger partial charge >= 0.3 is 0 Å². The van der Waals surface area contributed by atoms with E-state index in [-0.39, 0.29) is 0 Å². The predicted octanol–water partition coefficient (Wildman–Crippen LogP) is 15.4. The first-order chi connectivity index (χ1) is 32.5. The molecule has 0 amide bonds. The van der Waals surface area contributed by atoms with Gasteiger partial charge in [-0.2, -0.15) is 0 Å². The molecule has 0 unspecified atom stereocenters. The molecular weight excluding hydrogens is 803 g/mol. The summed E-state index contributed by atoms with van der Waals surface area (Å²) in [5, 5.41) is 2.32. The summed E-state index contributed by atoms with van der Waals surface area (Å²) in [6.45, 7) is 4.13. The van der Waals surface area contributed by atoms with E-state index in [0.29, 0.717) is 11.6 Å². The highest BCUT2D eigenvalue weighted by Gasteiger charge is 2.20. The van der Waals surface area contributed by atoms with E-state index in [1.165, 1.54) is 5.39 Å². The quantitative estimate of drug-likeness (QED) is 0.145. The minimum absolute atomic E-state index is 0.673. The number of hydrogen-bond donors (Lipinski definition) is 0. The highest BCUT2D eigenvalue weighted by atomic mass is 14.9. The summed E-state index contributed by atoms with van der Waals surface area (Å²) in [6, 6.07) is 78.3. The average Bonchev–Trinajstić information content (AvgIpc) is 3.39. The fraction of sp³-hybridized carbons (Fsp3) is 0.0328. The maximum absolute atomic E-state index is 5.37. The van der Waals surface area contributed by atoms with Crippen LogP contribution in [0.3, 0.4) is 0 Å². The molecule has 3 aromatic heterocycles. The van der Waals surface area contributed by atoms with E-state index in [9.17, 15) is 0 Å². The van der Waals surface area contributed by atoms with Crippen LogP contribution in [-0.2, 0) is 0 Å². The highest BCUT2D eigenvalue weighted by Crippen LogP contribution is 2.42. The Morgan fingerprint density at radius 3 is 1.42 bits per heavy atom. The molecule has 11 aromatic rings. The zero-order valence-electron chi connectivity index (χ0n) is 36.6. The van der Waals surface area contributed by atoms with Crippen molar-refractivity contribution in [3.05, 3.63) is 236 Å². The average molecular weight is 846 g/mol. The zero-order valence-corrected chi connectivity index (χ0v) is 36.6. The van der Waals surface area contributed by atoms with E-state index in [0.717, 1.165) is 106 Å². The Kier molecular flexibility index (Phi) is 10.6. The Morgan fingerprint density at radius 2 is 0.727 bits per heavy atom. The number of hydrogen-bond acceptors (Lipinski definition) is 5. The summed E-state index contributed by atoms with van der Waals surface area (Å²) in [4.78, 5) is 25.7. The second-order valence-electron chi connectivity index (χ2n) is 16.6. The van der Waals surface area contributed by atoms with E-state index in [2.05, 4.69) is 189 Å². The lowest BCUT2D eigenvalue weighted by atomic mass is 9.87. The molecular formula is C61H43N5. The summed E-state index contributed by atoms with van der Waals surface area (Å²) < 4.78 is 0. The third-order valence-electron chi connectivity index (χ3n) is 12.2. The standard InChI is InChI=1S/C61H43N5/c1-40-29-33-51(41(2)62-40)53-34-32-48(47-25-16-26-49(35-47)58-38-56(43-18-6-3-7-19-43)63-60(65-58)45-22-10-5-11-23-45)37-55(53)52-27-14-15-28-54(52)59-39-57(44-20-8-4-9-21-44)64-61(66-59)50-31-30-42-17-12-13-24-46(42)36-50/h3-39H,1-2H3. The molecule has 5 nitrogen and oxygen atoms in total. The normalized spacial score (nSPS) is 11.2. The molecule has 0 atom stereocenters. The summed E-state index contributed by atoms with van der Waals surface area (Å²) in [5.41, 5.74) is 17.9. The Bertz CT molecular complexity index is 3490. The Balaban J connectivity index is 1.08. The summed E-state index contributed by atoms with van der Waals surface area (Å²) >= 11 is 0. The molecule has 0 saturated heterocycles. The predicted molar refractivity (Wildman–Crippen MR) is 271 cm³/mol. The number of fused-ring (bicyclic) bond motifs is 1. The van der Waals surface area contributed by atoms with Gasteiger partial charge in [0, 0.05) is 50.3 Å². The zero-order chi connectivity index (χ0) is 44.4. The number of nitrogens with zero attached hydrogens (tertiary/aromatic N) is 5. The maximum atomic E-state index is 5.37. The molecule has 0 bridgehead atoms. The fourth-order valence-electron chi connectivity index (χ4n) is 8.82. The first kappa shape index (κ1) is 40.1. The highest BCUT2D eigenvalue weighted by molar-refractivity contribution is 5.95. The van der Waals surface area contributed by atoms with Gasteiger partial charge in [-0.15, -0.1) is 0 Å². The lowest BCUT2D eigenvalue weighted by Gasteiger charge is -2.18. The van der Waals surface area contributed by atoms with Crippen molar-refractivity contribution in [1.29, 1.82) is 0 Å². The van der Waals surface area contributed by atoms with Crippen molar-refractivity contribution in [2.45, 2.75) is 13.8 Å². The van der Waals surface area contributed by atoms with Crippen molar-refractivity contribution >= 4 is 10.8 Å². The molecule has 8 aromatic carbocycles. The van der Waals surface area contributed by atoms with Gasteiger partial charge in [-0.3, -0.25) is 4.98 Å². The number of rotatable bonds is 9. The van der Waals surface area contributed by atoms with Crippen LogP contribution >= 0.6 is 0 Å². The number of pyridine rings is 1. The molecule has 312 valence electrons. The Morgan fingerprint density at radius 1 is 0.242 bits per heavy atom. The second kappa shape index (κ2) is 17.5. The Labute approximate surface area is 384 Å². The molecule has 5 heteroatoms. The molecule has 11 rings (SSSR count). The van der Waals surface area contributed by atoms with Gasteiger partial charge in [0.05, 0.1) is 22.8 Å². The van der Waals surface area contributed by atoms with Crippen LogP contribution in [0.15, 0.2) is 224 Å². The third kappa shape index (κ3) is 8.06. The van der Waals surface area contributed by atoms with E-state index >= 15 is 0 Å². The van der Waals surface area contributed by atoms with Crippen LogP contribution in [-0.4, -0.2) is 24.9 Å². The van der Waals surface area contributed by atoms with Crippen LogP contribution in [0.25, 0.3) is 112 Å². The van der Waals surface area contributed by atoms with Crippen LogP contribution in [0.1, 0.15) is 11.4 Å². The molecule has 0 radical (unpaired) electrons. The van der Waals surface area contributed by atoms with Crippen LogP contribution in [0.5, 0.6) is 0 Å². The maximum Gasteiger partial charge on any atom is 0.160 e. The molecule has 66 heavy (non-hydrogen) atoms. The third-order valence-corrected chi connectivity index (χ3v) is 12.2. The molecule has 0 N–H and O–H groups in total. The number of benzene rings is 8. The first-order valence-corrected chi connectivity index (χ1v) is 22.2. The lowest BCUT2D eigenvalue weighted by molar-refractivity contribution is 1.13. The molecule has 3 heterocycles. The topological polar surface area (TPSA) is 64.5 Å². The van der Waals surface area contributed by atoms with E-state index < -0.39 is 0 Å². The SMILES string of the molecule is Cc1ccc(-c2ccc(-c3cccc(-c4cc(-c5ccccc5)nc(-c5ccccc5)n4)c3)cc2-c2ccccc2-c2cc(-c3ccccc3)nc(-c3ccc4ccccc4c3)n2)c(C)n1. The summed E-state index contributed by atoms with van der Waals surface area (Å²) in [6.07, 6.45) is 0. The number of aryl methyl sites for hydroxylation is 2. The van der Waals surface area contributed by atoms with Crippen molar-refractivity contribution in [1.82, 2.24) is 24.9 Å². The molecule has 0 aliphatic rings. The van der Waals surface area contributed by atoms with Crippen LogP contribution < -0.4 is 0 Å². The van der Waals surface area contributed by atoms with E-state index in [1.54, 1.807) is 0 Å². The lowest BCUT2D eigenvalue weighted by Crippen LogP contribution is -1.98. The molecule has 0 spiro atoms. The minimum Gasteiger partial charge on any atom is -0.258 e. The van der Waals surface area contributed by atoms with Gasteiger partial charge in [-0.05, 0) is 88.8 Å². The molecule has 0 aliphatic carbocycles. The van der Waals surface area contributed by atoms with Crippen molar-refractivity contribution in [2.24, 2.45) is 0 Å². The summed E-state index contributed by atoms with van der Waals surface area (Å²) in [7, 11) is 0. The van der Waals surface area contributed by atoms with Gasteiger partial charge < -0.3 is 0 Å². The van der Waals surface area contributed by atoms with E-state index in [1.807, 2.05) is 49.4 Å². The van der Waals surface area contributed by atoms with Crippen LogP contribution in [0.4, 0.5) is 0 Å². The smallest absolute Gasteiger partial charge is 0.160 e. The second-order valence-corrected chi connectivity index (χ2v) is 16.6. The minimum atomic E-state index is 0.673. The van der Waals surface area contributed by atoms with Gasteiger partial charge in [0.1, 0.15) is 0 Å². The first-order valence-electron chi connectivity index (χ1n) is 22.2. The van der Waals surface area contributed by atoms with Gasteiger partial charge in [0.25, 0.3) is 0 Å².